The van der Waals surface area contributed by atoms with Crippen molar-refractivity contribution in [2.75, 3.05) is 5.32 Å². The monoisotopic (exact) mass is 432 g/mol. The first-order valence-electron chi connectivity index (χ1n) is 9.07. The van der Waals surface area contributed by atoms with Crippen molar-refractivity contribution in [2.24, 2.45) is 0 Å². The third kappa shape index (κ3) is 4.03. The maximum Gasteiger partial charge on any atom is 0.347 e. The van der Waals surface area contributed by atoms with Crippen molar-refractivity contribution in [1.82, 2.24) is 4.98 Å². The molecule has 11 heteroatoms. The molecule has 0 fully saturated rings. The van der Waals surface area contributed by atoms with Gasteiger partial charge in [-0.1, -0.05) is 12.1 Å². The normalized spacial score (nSPS) is 10.6. The van der Waals surface area contributed by atoms with Crippen LogP contribution in [0.4, 0.5) is 17.1 Å². The molecule has 0 aliphatic carbocycles. The van der Waals surface area contributed by atoms with Gasteiger partial charge in [-0.3, -0.25) is 25.0 Å². The smallest absolute Gasteiger partial charge is 0.347 e. The van der Waals surface area contributed by atoms with Gasteiger partial charge < -0.3 is 9.73 Å². The summed E-state index contributed by atoms with van der Waals surface area (Å²) in [7, 11) is 0. The van der Waals surface area contributed by atoms with Crippen molar-refractivity contribution >= 4 is 33.9 Å². The van der Waals surface area contributed by atoms with Gasteiger partial charge in [0.2, 0.25) is 5.89 Å². The minimum atomic E-state index is -0.817. The molecule has 1 aromatic heterocycles. The number of hydrogen-bond acceptors (Lipinski definition) is 8. The standard InChI is InChI=1S/C21H12N4O7/c26-19(13-9-15(24(28)29)11-16(10-13)25(30)31)22-14-7-5-12(6-8-14)20-23-18-4-2-1-3-17(18)21(27)32-20/h1-11H,(H,22,26). The van der Waals surface area contributed by atoms with Crippen LogP contribution in [-0.2, 0) is 0 Å². The summed E-state index contributed by atoms with van der Waals surface area (Å²) in [5.74, 6) is -0.666. The highest BCUT2D eigenvalue weighted by Gasteiger charge is 2.20. The summed E-state index contributed by atoms with van der Waals surface area (Å²) in [6.07, 6.45) is 0. The molecule has 4 aromatic rings. The van der Waals surface area contributed by atoms with Gasteiger partial charge >= 0.3 is 5.63 Å². The molecule has 32 heavy (non-hydrogen) atoms. The fourth-order valence-electron chi connectivity index (χ4n) is 2.98. The third-order valence-corrected chi connectivity index (χ3v) is 4.51. The molecule has 3 aromatic carbocycles. The summed E-state index contributed by atoms with van der Waals surface area (Å²) in [6.45, 7) is 0. The van der Waals surface area contributed by atoms with Crippen LogP contribution in [0.1, 0.15) is 10.4 Å². The zero-order valence-corrected chi connectivity index (χ0v) is 16.1. The second-order valence-electron chi connectivity index (χ2n) is 6.61. The number of nitro groups is 2. The number of nitrogens with one attached hydrogen (secondary N) is 1. The lowest BCUT2D eigenvalue weighted by Crippen LogP contribution is -2.12. The average molecular weight is 432 g/mol. The summed E-state index contributed by atoms with van der Waals surface area (Å²) in [6, 6.07) is 15.5. The molecule has 158 valence electrons. The van der Waals surface area contributed by atoms with E-state index in [1.165, 1.54) is 12.1 Å². The fraction of sp³-hybridized carbons (Fsp3) is 0. The molecule has 11 nitrogen and oxygen atoms in total. The molecule has 0 aliphatic heterocycles. The summed E-state index contributed by atoms with van der Waals surface area (Å²) in [4.78, 5) is 49.3. The van der Waals surface area contributed by atoms with Crippen molar-refractivity contribution in [3.05, 3.63) is 103 Å². The van der Waals surface area contributed by atoms with E-state index in [0.29, 0.717) is 22.2 Å². The highest BCUT2D eigenvalue weighted by molar-refractivity contribution is 6.05. The van der Waals surface area contributed by atoms with E-state index < -0.39 is 32.8 Å². The first kappa shape index (κ1) is 20.3. The van der Waals surface area contributed by atoms with Crippen LogP contribution >= 0.6 is 0 Å². The van der Waals surface area contributed by atoms with Crippen molar-refractivity contribution < 1.29 is 19.1 Å². The fourth-order valence-corrected chi connectivity index (χ4v) is 2.98. The zero-order valence-electron chi connectivity index (χ0n) is 16.1. The molecule has 0 bridgehead atoms. The third-order valence-electron chi connectivity index (χ3n) is 4.51. The van der Waals surface area contributed by atoms with Crippen LogP contribution in [-0.4, -0.2) is 20.7 Å². The van der Waals surface area contributed by atoms with Crippen LogP contribution in [0, 0.1) is 20.2 Å². The number of para-hydroxylation sites is 1. The van der Waals surface area contributed by atoms with Crippen LogP contribution < -0.4 is 10.9 Å². The Bertz CT molecular complexity index is 1410. The van der Waals surface area contributed by atoms with Gasteiger partial charge in [-0.25, -0.2) is 9.78 Å². The topological polar surface area (TPSA) is 158 Å². The van der Waals surface area contributed by atoms with Gasteiger partial charge in [0.1, 0.15) is 0 Å². The summed E-state index contributed by atoms with van der Waals surface area (Å²) >= 11 is 0. The highest BCUT2D eigenvalue weighted by atomic mass is 16.6. The molecule has 0 atom stereocenters. The number of non-ortho nitro benzene ring substituents is 2. The Kier molecular flexibility index (Phi) is 5.13. The van der Waals surface area contributed by atoms with E-state index in [4.69, 9.17) is 4.42 Å². The van der Waals surface area contributed by atoms with Gasteiger partial charge in [-0.05, 0) is 36.4 Å². The lowest BCUT2D eigenvalue weighted by Gasteiger charge is -2.07. The molecule has 0 aliphatic rings. The number of nitro benzene ring substituents is 2. The van der Waals surface area contributed by atoms with Gasteiger partial charge in [0.25, 0.3) is 17.3 Å². The highest BCUT2D eigenvalue weighted by Crippen LogP contribution is 2.24. The maximum absolute atomic E-state index is 12.5. The zero-order chi connectivity index (χ0) is 22.8. The Labute approximate surface area is 178 Å². The summed E-state index contributed by atoms with van der Waals surface area (Å²) in [5.41, 5.74) is -0.641. The van der Waals surface area contributed by atoms with Gasteiger partial charge in [-0.15, -0.1) is 0 Å². The number of aromatic nitrogens is 1. The molecular formula is C21H12N4O7. The van der Waals surface area contributed by atoms with E-state index in [1.54, 1.807) is 36.4 Å². The Morgan fingerprint density at radius 3 is 2.16 bits per heavy atom. The van der Waals surface area contributed by atoms with Crippen molar-refractivity contribution in [2.45, 2.75) is 0 Å². The van der Waals surface area contributed by atoms with E-state index in [2.05, 4.69) is 10.3 Å². The Hall–Kier alpha value is -4.93. The lowest BCUT2D eigenvalue weighted by atomic mass is 10.1. The average Bonchev–Trinajstić information content (AvgIpc) is 2.79. The Morgan fingerprint density at radius 2 is 1.53 bits per heavy atom. The van der Waals surface area contributed by atoms with Gasteiger partial charge in [0.05, 0.1) is 32.4 Å². The molecule has 0 unspecified atom stereocenters. The van der Waals surface area contributed by atoms with Crippen LogP contribution in [0.25, 0.3) is 22.4 Å². The van der Waals surface area contributed by atoms with Crippen molar-refractivity contribution in [1.29, 1.82) is 0 Å². The Balaban J connectivity index is 1.59. The quantitative estimate of drug-likeness (QED) is 0.367. The van der Waals surface area contributed by atoms with Crippen LogP contribution in [0.5, 0.6) is 0 Å². The van der Waals surface area contributed by atoms with Crippen molar-refractivity contribution in [3.8, 4) is 11.5 Å². The molecule has 1 heterocycles. The summed E-state index contributed by atoms with van der Waals surface area (Å²) in [5, 5.41) is 24.9. The van der Waals surface area contributed by atoms with Gasteiger partial charge in [-0.2, -0.15) is 0 Å². The van der Waals surface area contributed by atoms with Crippen LogP contribution in [0.3, 0.4) is 0 Å². The number of fused-ring (bicyclic) bond motifs is 1. The SMILES string of the molecule is O=C(Nc1ccc(-c2nc3ccccc3c(=O)o2)cc1)c1cc([N+](=O)[O-])cc([N+](=O)[O-])c1. The number of carbonyl (C=O) groups is 1. The van der Waals surface area contributed by atoms with Crippen molar-refractivity contribution in [3.63, 3.8) is 0 Å². The largest absolute Gasteiger partial charge is 0.403 e. The molecule has 1 N–H and O–H groups in total. The molecule has 0 spiro atoms. The Morgan fingerprint density at radius 1 is 0.906 bits per heavy atom. The van der Waals surface area contributed by atoms with E-state index in [9.17, 15) is 29.8 Å². The van der Waals surface area contributed by atoms with Crippen LogP contribution in [0.2, 0.25) is 0 Å². The molecular weight excluding hydrogens is 420 g/mol. The predicted molar refractivity (Wildman–Crippen MR) is 113 cm³/mol. The number of benzene rings is 3. The number of nitrogens with zero attached hydrogens (tertiary/aromatic N) is 3. The van der Waals surface area contributed by atoms with E-state index in [-0.39, 0.29) is 11.5 Å². The van der Waals surface area contributed by atoms with E-state index in [1.807, 2.05) is 0 Å². The number of hydrogen-bond donors (Lipinski definition) is 1. The summed E-state index contributed by atoms with van der Waals surface area (Å²) < 4.78 is 5.26. The minimum Gasteiger partial charge on any atom is -0.403 e. The van der Waals surface area contributed by atoms with Gasteiger partial charge in [0, 0.05) is 23.4 Å². The van der Waals surface area contributed by atoms with Gasteiger partial charge in [0.15, 0.2) is 0 Å². The first-order chi connectivity index (χ1) is 15.3. The first-order valence-corrected chi connectivity index (χ1v) is 9.07. The molecule has 0 radical (unpaired) electrons. The number of amides is 1. The minimum absolute atomic E-state index is 0.0980. The molecule has 0 saturated heterocycles. The number of rotatable bonds is 5. The van der Waals surface area contributed by atoms with E-state index in [0.717, 1.165) is 18.2 Å². The van der Waals surface area contributed by atoms with E-state index >= 15 is 0 Å². The predicted octanol–water partition coefficient (Wildman–Crippen LogP) is 3.92. The lowest BCUT2D eigenvalue weighted by molar-refractivity contribution is -0.394. The molecule has 0 saturated carbocycles. The molecule has 1 amide bonds. The number of anilines is 1. The second kappa shape index (κ2) is 8.07. The maximum atomic E-state index is 12.5. The second-order valence-corrected chi connectivity index (χ2v) is 6.61. The molecule has 4 rings (SSSR count). The van der Waals surface area contributed by atoms with Crippen LogP contribution in [0.15, 0.2) is 75.9 Å². The number of carbonyl (C=O) groups excluding carboxylic acids is 1.